The van der Waals surface area contributed by atoms with Crippen molar-refractivity contribution in [3.63, 3.8) is 0 Å². The Balaban J connectivity index is 0.00000220. The highest BCUT2D eigenvalue weighted by atomic mass is 35.5. The standard InChI is InChI=1S/C16H31N3O.ClH/c1-18(2)11-3-4-14-7-12-19(13-8-14)16(20)15-5-9-17-10-6-15;/h14-15,17H,3-13H2,1-2H3;1H. The SMILES string of the molecule is CN(C)CCCC1CCN(C(=O)C2CCNCC2)CC1.Cl. The lowest BCUT2D eigenvalue weighted by Gasteiger charge is -2.35. The molecule has 0 aromatic carbocycles. The normalized spacial score (nSPS) is 21.4. The number of rotatable bonds is 5. The van der Waals surface area contributed by atoms with Crippen molar-refractivity contribution in [3.05, 3.63) is 0 Å². The smallest absolute Gasteiger partial charge is 0.225 e. The van der Waals surface area contributed by atoms with Gasteiger partial charge in [0, 0.05) is 19.0 Å². The summed E-state index contributed by atoms with van der Waals surface area (Å²) < 4.78 is 0. The molecule has 2 aliphatic rings. The largest absolute Gasteiger partial charge is 0.342 e. The predicted molar refractivity (Wildman–Crippen MR) is 89.9 cm³/mol. The maximum absolute atomic E-state index is 12.5. The number of hydrogen-bond acceptors (Lipinski definition) is 3. The summed E-state index contributed by atoms with van der Waals surface area (Å²) in [6.45, 7) is 5.20. The van der Waals surface area contributed by atoms with E-state index < -0.39 is 0 Å². The van der Waals surface area contributed by atoms with Crippen LogP contribution in [0.1, 0.15) is 38.5 Å². The van der Waals surface area contributed by atoms with Gasteiger partial charge in [0.25, 0.3) is 0 Å². The monoisotopic (exact) mass is 317 g/mol. The minimum absolute atomic E-state index is 0. The van der Waals surface area contributed by atoms with Crippen LogP contribution < -0.4 is 5.32 Å². The fraction of sp³-hybridized carbons (Fsp3) is 0.938. The number of likely N-dealkylation sites (tertiary alicyclic amines) is 1. The molecular formula is C16H32ClN3O. The minimum atomic E-state index is 0. The van der Waals surface area contributed by atoms with Gasteiger partial charge in [-0.2, -0.15) is 0 Å². The molecule has 2 saturated heterocycles. The minimum Gasteiger partial charge on any atom is -0.342 e. The molecule has 2 fully saturated rings. The molecule has 4 nitrogen and oxygen atoms in total. The van der Waals surface area contributed by atoms with E-state index in [1.165, 1.54) is 32.2 Å². The van der Waals surface area contributed by atoms with Crippen LogP contribution in [0, 0.1) is 11.8 Å². The van der Waals surface area contributed by atoms with Crippen molar-refractivity contribution < 1.29 is 4.79 Å². The van der Waals surface area contributed by atoms with E-state index in [0.717, 1.165) is 44.9 Å². The molecule has 1 N–H and O–H groups in total. The molecule has 2 heterocycles. The Bertz CT molecular complexity index is 298. The van der Waals surface area contributed by atoms with Crippen molar-refractivity contribution >= 4 is 18.3 Å². The number of carbonyl (C=O) groups is 1. The molecule has 0 aromatic rings. The lowest BCUT2D eigenvalue weighted by molar-refractivity contribution is -0.137. The zero-order chi connectivity index (χ0) is 14.4. The first-order chi connectivity index (χ1) is 9.66. The Hall–Kier alpha value is -0.320. The number of amides is 1. The molecule has 124 valence electrons. The first kappa shape index (κ1) is 18.7. The molecule has 0 radical (unpaired) electrons. The molecule has 5 heteroatoms. The molecule has 0 aliphatic carbocycles. The number of halogens is 1. The second-order valence-corrected chi connectivity index (χ2v) is 6.74. The van der Waals surface area contributed by atoms with Gasteiger partial charge in [0.2, 0.25) is 5.91 Å². The van der Waals surface area contributed by atoms with E-state index in [9.17, 15) is 4.79 Å². The van der Waals surface area contributed by atoms with E-state index >= 15 is 0 Å². The van der Waals surface area contributed by atoms with Crippen LogP contribution in [0.5, 0.6) is 0 Å². The third kappa shape index (κ3) is 6.13. The molecule has 2 rings (SSSR count). The van der Waals surface area contributed by atoms with Crippen molar-refractivity contribution in [2.24, 2.45) is 11.8 Å². The van der Waals surface area contributed by atoms with Gasteiger partial charge in [0.05, 0.1) is 0 Å². The van der Waals surface area contributed by atoms with Gasteiger partial charge in [0.15, 0.2) is 0 Å². The molecule has 0 atom stereocenters. The zero-order valence-electron chi connectivity index (χ0n) is 13.6. The van der Waals surface area contributed by atoms with E-state index in [1.807, 2.05) is 0 Å². The van der Waals surface area contributed by atoms with Gasteiger partial charge in [-0.15, -0.1) is 12.4 Å². The van der Waals surface area contributed by atoms with Crippen LogP contribution >= 0.6 is 12.4 Å². The summed E-state index contributed by atoms with van der Waals surface area (Å²) in [5.74, 6) is 1.56. The summed E-state index contributed by atoms with van der Waals surface area (Å²) in [7, 11) is 4.28. The Morgan fingerprint density at radius 3 is 2.33 bits per heavy atom. The third-order valence-electron chi connectivity index (χ3n) is 4.83. The highest BCUT2D eigenvalue weighted by molar-refractivity contribution is 5.85. The molecule has 21 heavy (non-hydrogen) atoms. The van der Waals surface area contributed by atoms with E-state index in [1.54, 1.807) is 0 Å². The Morgan fingerprint density at radius 2 is 1.76 bits per heavy atom. The lowest BCUT2D eigenvalue weighted by atomic mass is 9.90. The van der Waals surface area contributed by atoms with E-state index in [4.69, 9.17) is 0 Å². The first-order valence-corrected chi connectivity index (χ1v) is 8.31. The number of nitrogens with zero attached hydrogens (tertiary/aromatic N) is 2. The van der Waals surface area contributed by atoms with Gasteiger partial charge in [-0.3, -0.25) is 4.79 Å². The predicted octanol–water partition coefficient (Wildman–Crippen LogP) is 1.99. The van der Waals surface area contributed by atoms with Gasteiger partial charge < -0.3 is 15.1 Å². The van der Waals surface area contributed by atoms with Gasteiger partial charge in [-0.1, -0.05) is 0 Å². The molecular weight excluding hydrogens is 286 g/mol. The van der Waals surface area contributed by atoms with Gasteiger partial charge in [0.1, 0.15) is 0 Å². The van der Waals surface area contributed by atoms with Crippen molar-refractivity contribution in [2.45, 2.75) is 38.5 Å². The van der Waals surface area contributed by atoms with Crippen molar-refractivity contribution in [2.75, 3.05) is 46.8 Å². The van der Waals surface area contributed by atoms with Crippen LogP contribution in [0.3, 0.4) is 0 Å². The van der Waals surface area contributed by atoms with E-state index in [2.05, 4.69) is 29.2 Å². The van der Waals surface area contributed by atoms with Gasteiger partial charge >= 0.3 is 0 Å². The second kappa shape index (κ2) is 9.65. The number of carbonyl (C=O) groups excluding carboxylic acids is 1. The molecule has 0 saturated carbocycles. The highest BCUT2D eigenvalue weighted by Gasteiger charge is 2.28. The Labute approximate surface area is 136 Å². The first-order valence-electron chi connectivity index (χ1n) is 8.31. The molecule has 0 unspecified atom stereocenters. The topological polar surface area (TPSA) is 35.6 Å². The average Bonchev–Trinajstić information content (AvgIpc) is 2.48. The summed E-state index contributed by atoms with van der Waals surface area (Å²) in [4.78, 5) is 16.9. The summed E-state index contributed by atoms with van der Waals surface area (Å²) in [6, 6.07) is 0. The Kier molecular flexibility index (Phi) is 8.60. The quantitative estimate of drug-likeness (QED) is 0.842. The summed E-state index contributed by atoms with van der Waals surface area (Å²) in [6.07, 6.45) is 7.10. The van der Waals surface area contributed by atoms with Crippen LogP contribution in [0.15, 0.2) is 0 Å². The van der Waals surface area contributed by atoms with Crippen molar-refractivity contribution in [1.82, 2.24) is 15.1 Å². The molecule has 0 bridgehead atoms. The van der Waals surface area contributed by atoms with Crippen LogP contribution in [0.4, 0.5) is 0 Å². The van der Waals surface area contributed by atoms with Crippen LogP contribution in [-0.4, -0.2) is 62.5 Å². The maximum atomic E-state index is 12.5. The van der Waals surface area contributed by atoms with Crippen LogP contribution in [0.25, 0.3) is 0 Å². The van der Waals surface area contributed by atoms with E-state index in [0.29, 0.717) is 11.8 Å². The molecule has 0 aromatic heterocycles. The summed E-state index contributed by atoms with van der Waals surface area (Å²) in [5, 5.41) is 3.34. The van der Waals surface area contributed by atoms with E-state index in [-0.39, 0.29) is 12.4 Å². The van der Waals surface area contributed by atoms with Gasteiger partial charge in [-0.25, -0.2) is 0 Å². The zero-order valence-corrected chi connectivity index (χ0v) is 14.5. The van der Waals surface area contributed by atoms with Gasteiger partial charge in [-0.05, 0) is 78.2 Å². The highest BCUT2D eigenvalue weighted by Crippen LogP contribution is 2.24. The lowest BCUT2D eigenvalue weighted by Crippen LogP contribution is -2.44. The fourth-order valence-electron chi connectivity index (χ4n) is 3.47. The molecule has 2 aliphatic heterocycles. The maximum Gasteiger partial charge on any atom is 0.225 e. The van der Waals surface area contributed by atoms with Crippen LogP contribution in [-0.2, 0) is 4.79 Å². The second-order valence-electron chi connectivity index (χ2n) is 6.74. The van der Waals surface area contributed by atoms with Crippen molar-refractivity contribution in [3.8, 4) is 0 Å². The summed E-state index contributed by atoms with van der Waals surface area (Å²) >= 11 is 0. The third-order valence-corrected chi connectivity index (χ3v) is 4.83. The Morgan fingerprint density at radius 1 is 1.14 bits per heavy atom. The molecule has 1 amide bonds. The molecule has 0 spiro atoms. The number of piperidine rings is 2. The fourth-order valence-corrected chi connectivity index (χ4v) is 3.47. The summed E-state index contributed by atoms with van der Waals surface area (Å²) in [5.41, 5.74) is 0. The van der Waals surface area contributed by atoms with Crippen LogP contribution in [0.2, 0.25) is 0 Å². The number of nitrogens with one attached hydrogen (secondary N) is 1. The number of hydrogen-bond donors (Lipinski definition) is 1. The van der Waals surface area contributed by atoms with Crippen molar-refractivity contribution in [1.29, 1.82) is 0 Å². The average molecular weight is 318 g/mol.